The van der Waals surface area contributed by atoms with Gasteiger partial charge < -0.3 is 10.5 Å². The van der Waals surface area contributed by atoms with Gasteiger partial charge in [0.25, 0.3) is 5.91 Å². The van der Waals surface area contributed by atoms with Gasteiger partial charge >= 0.3 is 0 Å². The third kappa shape index (κ3) is 1.88. The van der Waals surface area contributed by atoms with Crippen molar-refractivity contribution in [2.75, 3.05) is 12.8 Å². The number of amides is 1. The van der Waals surface area contributed by atoms with E-state index in [0.717, 1.165) is 0 Å². The zero-order valence-electron chi connectivity index (χ0n) is 7.20. The fourth-order valence-corrected chi connectivity index (χ4v) is 0.973. The molecule has 0 saturated heterocycles. The number of hydrogen-bond acceptors (Lipinski definition) is 4. The minimum absolute atomic E-state index is 0.360. The van der Waals surface area contributed by atoms with Crippen molar-refractivity contribution < 1.29 is 9.53 Å². The normalized spacial score (nSPS) is 9.38. The minimum Gasteiger partial charge on any atom is -0.496 e. The van der Waals surface area contributed by atoms with Crippen LogP contribution < -0.4 is 21.7 Å². The predicted molar refractivity (Wildman–Crippen MR) is 49.1 cm³/mol. The Balaban J connectivity index is 3.13. The molecule has 70 valence electrons. The van der Waals surface area contributed by atoms with E-state index >= 15 is 0 Å². The third-order valence-corrected chi connectivity index (χ3v) is 1.60. The molecule has 0 heterocycles. The Bertz CT molecular complexity index is 325. The molecular weight excluding hydrogens is 170 g/mol. The number of benzene rings is 1. The van der Waals surface area contributed by atoms with Gasteiger partial charge in [0, 0.05) is 11.8 Å². The van der Waals surface area contributed by atoms with Gasteiger partial charge in [-0.15, -0.1) is 0 Å². The van der Waals surface area contributed by atoms with Crippen LogP contribution in [0.1, 0.15) is 10.4 Å². The second-order valence-electron chi connectivity index (χ2n) is 2.43. The molecule has 5 heteroatoms. The second-order valence-corrected chi connectivity index (χ2v) is 2.43. The number of methoxy groups -OCH3 is 1. The number of hydrogen-bond donors (Lipinski definition) is 3. The van der Waals surface area contributed by atoms with Crippen molar-refractivity contribution in [3.8, 4) is 5.75 Å². The second kappa shape index (κ2) is 3.77. The van der Waals surface area contributed by atoms with E-state index in [0.29, 0.717) is 17.0 Å². The first-order chi connectivity index (χ1) is 6.19. The van der Waals surface area contributed by atoms with E-state index in [1.54, 1.807) is 18.2 Å². The molecule has 0 aliphatic carbocycles. The van der Waals surface area contributed by atoms with Crippen LogP contribution in [-0.2, 0) is 0 Å². The van der Waals surface area contributed by atoms with E-state index in [1.165, 1.54) is 7.11 Å². The lowest BCUT2D eigenvalue weighted by Gasteiger charge is -2.07. The molecule has 1 aromatic rings. The van der Waals surface area contributed by atoms with Crippen LogP contribution in [0.2, 0.25) is 0 Å². The molecule has 0 aliphatic rings. The monoisotopic (exact) mass is 181 g/mol. The summed E-state index contributed by atoms with van der Waals surface area (Å²) in [5.74, 6) is 4.98. The van der Waals surface area contributed by atoms with Crippen LogP contribution in [0.5, 0.6) is 5.75 Å². The van der Waals surface area contributed by atoms with Crippen molar-refractivity contribution in [3.63, 3.8) is 0 Å². The zero-order valence-corrected chi connectivity index (χ0v) is 7.20. The topological polar surface area (TPSA) is 90.4 Å². The van der Waals surface area contributed by atoms with Gasteiger partial charge in [0.2, 0.25) is 0 Å². The number of rotatable bonds is 2. The molecule has 0 fully saturated rings. The maximum atomic E-state index is 11.1. The van der Waals surface area contributed by atoms with Crippen LogP contribution in [0, 0.1) is 0 Å². The van der Waals surface area contributed by atoms with E-state index in [9.17, 15) is 4.79 Å². The molecule has 5 N–H and O–H groups in total. The number of carbonyl (C=O) groups excluding carboxylic acids is 1. The molecule has 0 radical (unpaired) electrons. The minimum atomic E-state index is -0.406. The van der Waals surface area contributed by atoms with Crippen molar-refractivity contribution in [2.24, 2.45) is 5.84 Å². The molecule has 0 aliphatic heterocycles. The average Bonchev–Trinajstić information content (AvgIpc) is 2.16. The Morgan fingerprint density at radius 1 is 1.54 bits per heavy atom. The summed E-state index contributed by atoms with van der Waals surface area (Å²) in [6.45, 7) is 0. The first-order valence-electron chi connectivity index (χ1n) is 3.63. The van der Waals surface area contributed by atoms with Gasteiger partial charge in [0.05, 0.1) is 12.7 Å². The van der Waals surface area contributed by atoms with Crippen molar-refractivity contribution in [1.29, 1.82) is 0 Å². The number of nitrogens with one attached hydrogen (secondary N) is 1. The van der Waals surface area contributed by atoms with Crippen LogP contribution >= 0.6 is 0 Å². The molecule has 0 atom stereocenters. The first-order valence-corrected chi connectivity index (χ1v) is 3.63. The van der Waals surface area contributed by atoms with Gasteiger partial charge in [-0.05, 0) is 12.1 Å². The van der Waals surface area contributed by atoms with Gasteiger partial charge in [0.15, 0.2) is 0 Å². The van der Waals surface area contributed by atoms with Crippen LogP contribution in [0.25, 0.3) is 0 Å². The summed E-state index contributed by atoms with van der Waals surface area (Å²) < 4.78 is 4.95. The smallest absolute Gasteiger partial charge is 0.268 e. The number of carbonyl (C=O) groups is 1. The lowest BCUT2D eigenvalue weighted by Crippen LogP contribution is -2.30. The zero-order chi connectivity index (χ0) is 9.84. The van der Waals surface area contributed by atoms with Crippen molar-refractivity contribution in [2.45, 2.75) is 0 Å². The van der Waals surface area contributed by atoms with E-state index < -0.39 is 5.91 Å². The summed E-state index contributed by atoms with van der Waals surface area (Å²) in [6, 6.07) is 4.72. The molecule has 0 bridgehead atoms. The quantitative estimate of drug-likeness (QED) is 0.257. The van der Waals surface area contributed by atoms with Crippen LogP contribution in [-0.4, -0.2) is 13.0 Å². The first kappa shape index (κ1) is 9.34. The van der Waals surface area contributed by atoms with Gasteiger partial charge in [-0.2, -0.15) is 0 Å². The molecule has 1 aromatic carbocycles. The summed E-state index contributed by atoms with van der Waals surface area (Å²) >= 11 is 0. The molecule has 0 saturated carbocycles. The fraction of sp³-hybridized carbons (Fsp3) is 0.125. The fourth-order valence-electron chi connectivity index (χ4n) is 0.973. The Morgan fingerprint density at radius 3 is 2.77 bits per heavy atom. The van der Waals surface area contributed by atoms with Crippen molar-refractivity contribution in [3.05, 3.63) is 23.8 Å². The predicted octanol–water partition coefficient (Wildman–Crippen LogP) is -0.119. The highest BCUT2D eigenvalue weighted by atomic mass is 16.5. The highest BCUT2D eigenvalue weighted by Crippen LogP contribution is 2.20. The van der Waals surface area contributed by atoms with E-state index in [-0.39, 0.29) is 0 Å². The van der Waals surface area contributed by atoms with Crippen LogP contribution in [0.15, 0.2) is 18.2 Å². The van der Waals surface area contributed by atoms with Gasteiger partial charge in [-0.25, -0.2) is 5.84 Å². The van der Waals surface area contributed by atoms with Crippen LogP contribution in [0.3, 0.4) is 0 Å². The Kier molecular flexibility index (Phi) is 2.71. The lowest BCUT2D eigenvalue weighted by molar-refractivity contribution is 0.0950. The number of nitrogen functional groups attached to an aromatic ring is 2. The summed E-state index contributed by atoms with van der Waals surface area (Å²) in [7, 11) is 1.46. The summed E-state index contributed by atoms with van der Waals surface area (Å²) in [5, 5.41) is 0. The van der Waals surface area contributed by atoms with Gasteiger partial charge in [-0.1, -0.05) is 0 Å². The standard InChI is InChI=1S/C8H11N3O2/c1-13-7-4-5(9)2-3-6(7)8(12)11-10/h2-4H,9-10H2,1H3,(H,11,12). The van der Waals surface area contributed by atoms with Crippen molar-refractivity contribution in [1.82, 2.24) is 5.43 Å². The Labute approximate surface area is 75.6 Å². The molecule has 1 amide bonds. The SMILES string of the molecule is COc1cc(N)ccc1C(=O)NN. The highest BCUT2D eigenvalue weighted by molar-refractivity contribution is 5.96. The Morgan fingerprint density at radius 2 is 2.23 bits per heavy atom. The maximum absolute atomic E-state index is 11.1. The number of anilines is 1. The summed E-state index contributed by atoms with van der Waals surface area (Å²) in [6.07, 6.45) is 0. The van der Waals surface area contributed by atoms with E-state index in [2.05, 4.69) is 0 Å². The largest absolute Gasteiger partial charge is 0.496 e. The Hall–Kier alpha value is -1.75. The summed E-state index contributed by atoms with van der Waals surface area (Å²) in [4.78, 5) is 11.1. The summed E-state index contributed by atoms with van der Waals surface area (Å²) in [5.41, 5.74) is 8.41. The van der Waals surface area contributed by atoms with Gasteiger partial charge in [-0.3, -0.25) is 10.2 Å². The van der Waals surface area contributed by atoms with Gasteiger partial charge in [0.1, 0.15) is 5.75 Å². The maximum Gasteiger partial charge on any atom is 0.268 e. The van der Waals surface area contributed by atoms with E-state index in [4.69, 9.17) is 16.3 Å². The molecule has 0 aromatic heterocycles. The lowest BCUT2D eigenvalue weighted by atomic mass is 10.1. The molecule has 5 nitrogen and oxygen atoms in total. The molecule has 0 spiro atoms. The number of ether oxygens (including phenoxy) is 1. The average molecular weight is 181 g/mol. The molecule has 0 unspecified atom stereocenters. The van der Waals surface area contributed by atoms with E-state index in [1.807, 2.05) is 5.43 Å². The molecular formula is C8H11N3O2. The molecule has 13 heavy (non-hydrogen) atoms. The van der Waals surface area contributed by atoms with Crippen LogP contribution in [0.4, 0.5) is 5.69 Å². The third-order valence-electron chi connectivity index (χ3n) is 1.60. The highest BCUT2D eigenvalue weighted by Gasteiger charge is 2.10. The van der Waals surface area contributed by atoms with Crippen molar-refractivity contribution >= 4 is 11.6 Å². The molecule has 1 rings (SSSR count). The number of nitrogens with two attached hydrogens (primary N) is 2. The number of hydrazine groups is 1.